The van der Waals surface area contributed by atoms with Crippen molar-refractivity contribution in [1.82, 2.24) is 0 Å². The number of hydrogen-bond acceptors (Lipinski definition) is 5. The summed E-state index contributed by atoms with van der Waals surface area (Å²) in [5, 5.41) is 9.40. The van der Waals surface area contributed by atoms with Crippen LogP contribution < -0.4 is 0 Å². The van der Waals surface area contributed by atoms with Crippen molar-refractivity contribution in [2.75, 3.05) is 0 Å². The lowest BCUT2D eigenvalue weighted by Crippen LogP contribution is -2.26. The Balaban J connectivity index is 4.64. The number of rotatable bonds is 7. The summed E-state index contributed by atoms with van der Waals surface area (Å²) in [6.45, 7) is 3.59. The molecule has 0 aliphatic heterocycles. The van der Waals surface area contributed by atoms with Crippen molar-refractivity contribution in [1.29, 1.82) is 0 Å². The Morgan fingerprint density at radius 1 is 1.56 bits per heavy atom. The highest BCUT2D eigenvalue weighted by Gasteiger charge is 2.18. The second-order valence-corrected chi connectivity index (χ2v) is 2.96. The van der Waals surface area contributed by atoms with E-state index in [0.717, 1.165) is 12.1 Å². The lowest BCUT2D eigenvalue weighted by molar-refractivity contribution is -0.115. The highest BCUT2D eigenvalue weighted by molar-refractivity contribution is 6.02. The van der Waals surface area contributed by atoms with Crippen LogP contribution in [-0.4, -0.2) is 44.2 Å². The zero-order valence-electron chi connectivity index (χ0n) is 9.41. The van der Waals surface area contributed by atoms with E-state index in [4.69, 9.17) is 8.05 Å². The van der Waals surface area contributed by atoms with E-state index in [0.29, 0.717) is 12.7 Å². The van der Waals surface area contributed by atoms with Gasteiger partial charge in [-0.05, 0) is 13.8 Å². The first kappa shape index (κ1) is 14.6. The Morgan fingerprint density at radius 3 is 2.69 bits per heavy atom. The van der Waals surface area contributed by atoms with E-state index in [1.54, 1.807) is 19.2 Å². The fourth-order valence-corrected chi connectivity index (χ4v) is 1.09. The highest BCUT2D eigenvalue weighted by Crippen LogP contribution is 2.12. The lowest BCUT2D eigenvalue weighted by Gasteiger charge is -2.14. The van der Waals surface area contributed by atoms with Crippen LogP contribution in [0.1, 0.15) is 20.3 Å². The van der Waals surface area contributed by atoms with E-state index in [1.165, 1.54) is 0 Å². The first-order valence-corrected chi connectivity index (χ1v) is 4.84. The lowest BCUT2D eigenvalue weighted by atomic mass is 10.1. The van der Waals surface area contributed by atoms with Crippen LogP contribution in [0.4, 0.5) is 0 Å². The maximum absolute atomic E-state index is 10.5. The zero-order valence-corrected chi connectivity index (χ0v) is 9.41. The minimum atomic E-state index is -1.20. The van der Waals surface area contributed by atoms with Crippen LogP contribution in [0.3, 0.4) is 0 Å². The van der Waals surface area contributed by atoms with Gasteiger partial charge in [0.1, 0.15) is 6.10 Å². The van der Waals surface area contributed by atoms with Gasteiger partial charge in [0.2, 0.25) is 0 Å². The molecular formula is C10H15BN2O3. The maximum Gasteiger partial charge on any atom is 0.375 e. The van der Waals surface area contributed by atoms with Crippen LogP contribution in [0.25, 0.3) is 0 Å². The van der Waals surface area contributed by atoms with Gasteiger partial charge in [0, 0.05) is 18.3 Å². The number of aldehydes is 1. The third kappa shape index (κ3) is 5.45. The molecule has 0 amide bonds. The molecule has 0 aromatic heterocycles. The van der Waals surface area contributed by atoms with Crippen LogP contribution in [-0.2, 0) is 9.45 Å². The Hall–Kier alpha value is -1.43. The van der Waals surface area contributed by atoms with Crippen LogP contribution in [0.2, 0.25) is 0 Å². The third-order valence-electron chi connectivity index (χ3n) is 1.89. The second-order valence-electron chi connectivity index (χ2n) is 2.96. The molecule has 5 nitrogen and oxygen atoms in total. The number of aliphatic hydroxyl groups is 1. The van der Waals surface area contributed by atoms with Gasteiger partial charge in [-0.3, -0.25) is 9.98 Å². The molecule has 2 radical (unpaired) electrons. The van der Waals surface area contributed by atoms with E-state index in [2.05, 4.69) is 14.6 Å². The number of allylic oxidation sites excluding steroid dienone is 1. The smallest absolute Gasteiger partial charge is 0.375 e. The number of hydrogen-bond donors (Lipinski definition) is 1. The molecule has 0 aliphatic carbocycles. The molecule has 0 saturated carbocycles. The summed E-state index contributed by atoms with van der Waals surface area (Å²) in [5.41, 5.74) is 0.725. The van der Waals surface area contributed by atoms with Crippen molar-refractivity contribution in [3.63, 3.8) is 0 Å². The SMILES string of the molecule is [B]OC=NC(C/C(=C/C)N=CC)C(O)C=O. The minimum Gasteiger partial charge on any atom is -0.560 e. The molecule has 16 heavy (non-hydrogen) atoms. The molecule has 0 aromatic carbocycles. The third-order valence-corrected chi connectivity index (χ3v) is 1.89. The summed E-state index contributed by atoms with van der Waals surface area (Å²) < 4.78 is 4.17. The predicted octanol–water partition coefficient (Wildman–Crippen LogP) is 0.428. The molecule has 0 rings (SSSR count). The van der Waals surface area contributed by atoms with Crippen molar-refractivity contribution in [3.05, 3.63) is 11.8 Å². The average Bonchev–Trinajstić information content (AvgIpc) is 2.32. The first-order valence-electron chi connectivity index (χ1n) is 4.84. The molecule has 0 aromatic rings. The number of carbonyl (C=O) groups is 1. The standard InChI is InChI=1S/C10H15BN2O3/c1-3-8(12-4-2)5-9(10(15)6-14)13-7-16-11/h3-4,6-7,9-10,15H,5H2,1-2H3/b8-3-,12-4?,13-7?. The summed E-state index contributed by atoms with van der Waals surface area (Å²) in [6.07, 6.45) is 3.95. The predicted molar refractivity (Wildman–Crippen MR) is 63.7 cm³/mol. The molecule has 0 heterocycles. The largest absolute Gasteiger partial charge is 0.560 e. The van der Waals surface area contributed by atoms with E-state index >= 15 is 0 Å². The molecule has 0 spiro atoms. The van der Waals surface area contributed by atoms with Crippen molar-refractivity contribution in [3.8, 4) is 0 Å². The first-order chi connectivity index (χ1) is 7.69. The van der Waals surface area contributed by atoms with Gasteiger partial charge < -0.3 is 14.6 Å². The number of nitrogens with zero attached hydrogens (tertiary/aromatic N) is 2. The van der Waals surface area contributed by atoms with Crippen LogP contribution in [0, 0.1) is 0 Å². The van der Waals surface area contributed by atoms with Gasteiger partial charge in [0.15, 0.2) is 12.7 Å². The molecule has 0 fully saturated rings. The second kappa shape index (κ2) is 8.85. The van der Waals surface area contributed by atoms with Gasteiger partial charge in [-0.15, -0.1) is 0 Å². The molecular weight excluding hydrogens is 207 g/mol. The van der Waals surface area contributed by atoms with E-state index in [1.807, 2.05) is 6.92 Å². The molecule has 0 saturated heterocycles. The topological polar surface area (TPSA) is 71.2 Å². The number of aliphatic hydroxyl groups excluding tert-OH is 1. The Labute approximate surface area is 96.4 Å². The van der Waals surface area contributed by atoms with Gasteiger partial charge in [-0.2, -0.15) is 0 Å². The molecule has 0 aliphatic rings. The number of carbonyl (C=O) groups excluding carboxylic acids is 1. The molecule has 2 unspecified atom stereocenters. The molecule has 2 atom stereocenters. The molecule has 1 N–H and O–H groups in total. The summed E-state index contributed by atoms with van der Waals surface area (Å²) in [7, 11) is 4.78. The molecule has 6 heteroatoms. The minimum absolute atomic E-state index is 0.334. The fourth-order valence-electron chi connectivity index (χ4n) is 1.09. The normalized spacial score (nSPS) is 16.6. The summed E-state index contributed by atoms with van der Waals surface area (Å²) in [4.78, 5) is 18.4. The van der Waals surface area contributed by atoms with Crippen LogP contribution >= 0.6 is 0 Å². The highest BCUT2D eigenvalue weighted by atomic mass is 16.4. The molecule has 86 valence electrons. The summed E-state index contributed by atoms with van der Waals surface area (Å²) in [5.74, 6) is 0. The van der Waals surface area contributed by atoms with Gasteiger partial charge >= 0.3 is 8.05 Å². The van der Waals surface area contributed by atoms with Gasteiger partial charge in [-0.25, -0.2) is 0 Å². The average molecular weight is 222 g/mol. The number of aliphatic imine (C=N–C) groups is 2. The zero-order chi connectivity index (χ0) is 12.4. The maximum atomic E-state index is 10.5. The van der Waals surface area contributed by atoms with E-state index < -0.39 is 12.1 Å². The van der Waals surface area contributed by atoms with Crippen molar-refractivity contribution < 1.29 is 14.6 Å². The van der Waals surface area contributed by atoms with Gasteiger partial charge in [-0.1, -0.05) is 6.08 Å². The fraction of sp³-hybridized carbons (Fsp3) is 0.500. The van der Waals surface area contributed by atoms with E-state index in [9.17, 15) is 9.90 Å². The van der Waals surface area contributed by atoms with Crippen molar-refractivity contribution in [2.24, 2.45) is 9.98 Å². The summed E-state index contributed by atoms with van der Waals surface area (Å²) >= 11 is 0. The van der Waals surface area contributed by atoms with Gasteiger partial charge in [0.05, 0.1) is 6.04 Å². The monoisotopic (exact) mass is 222 g/mol. The Morgan fingerprint density at radius 2 is 2.25 bits per heavy atom. The quantitative estimate of drug-likeness (QED) is 0.294. The van der Waals surface area contributed by atoms with Gasteiger partial charge in [0.25, 0.3) is 0 Å². The van der Waals surface area contributed by atoms with E-state index in [-0.39, 0.29) is 0 Å². The molecule has 0 bridgehead atoms. The van der Waals surface area contributed by atoms with Crippen molar-refractivity contribution >= 4 is 27.0 Å². The van der Waals surface area contributed by atoms with Crippen molar-refractivity contribution in [2.45, 2.75) is 32.4 Å². The Kier molecular flexibility index (Phi) is 8.06. The van der Waals surface area contributed by atoms with Crippen LogP contribution in [0.15, 0.2) is 21.8 Å². The summed E-state index contributed by atoms with van der Waals surface area (Å²) in [6, 6.07) is -0.643. The Bertz CT molecular complexity index is 290. The van der Waals surface area contributed by atoms with Crippen LogP contribution in [0.5, 0.6) is 0 Å².